The molecule has 0 radical (unpaired) electrons. The lowest BCUT2D eigenvalue weighted by Gasteiger charge is -2.32. The number of aryl methyl sites for hydroxylation is 1. The van der Waals surface area contributed by atoms with Gasteiger partial charge in [0.05, 0.1) is 24.4 Å². The van der Waals surface area contributed by atoms with Gasteiger partial charge in [-0.2, -0.15) is 0 Å². The fraction of sp³-hybridized carbons (Fsp3) is 0.471. The van der Waals surface area contributed by atoms with Gasteiger partial charge in [0.1, 0.15) is 11.9 Å². The van der Waals surface area contributed by atoms with E-state index in [1.165, 1.54) is 16.7 Å². The lowest BCUT2D eigenvalue weighted by atomic mass is 9.73. The zero-order valence-corrected chi connectivity index (χ0v) is 25.1. The van der Waals surface area contributed by atoms with Gasteiger partial charge >= 0.3 is 7.12 Å². The van der Waals surface area contributed by atoms with Crippen LogP contribution >= 0.6 is 11.6 Å². The molecule has 0 aromatic heterocycles. The number of ether oxygens (including phenoxy) is 2. The normalized spacial score (nSPS) is 20.5. The summed E-state index contributed by atoms with van der Waals surface area (Å²) < 4.78 is 24.1. The molecule has 0 saturated carbocycles. The summed E-state index contributed by atoms with van der Waals surface area (Å²) in [5, 5.41) is 0.815. The minimum Gasteiger partial charge on any atom is -0.488 e. The van der Waals surface area contributed by atoms with E-state index in [0.29, 0.717) is 12.5 Å². The molecule has 212 valence electrons. The number of hydrogen-bond acceptors (Lipinski definition) is 4. The van der Waals surface area contributed by atoms with Gasteiger partial charge in [0.2, 0.25) is 0 Å². The summed E-state index contributed by atoms with van der Waals surface area (Å²) in [6.07, 6.45) is 5.93. The molecule has 0 amide bonds. The van der Waals surface area contributed by atoms with Crippen LogP contribution in [0.5, 0.6) is 5.75 Å². The first-order valence-corrected chi connectivity index (χ1v) is 15.1. The van der Waals surface area contributed by atoms with Gasteiger partial charge in [-0.05, 0) is 106 Å². The Labute approximate surface area is 245 Å². The predicted octanol–water partition coefficient (Wildman–Crippen LogP) is 8.30. The highest BCUT2D eigenvalue weighted by atomic mass is 35.5. The fourth-order valence-corrected chi connectivity index (χ4v) is 5.80. The molecule has 4 nitrogen and oxygen atoms in total. The minimum absolute atomic E-state index is 0.162. The van der Waals surface area contributed by atoms with Crippen LogP contribution < -0.4 is 4.74 Å². The van der Waals surface area contributed by atoms with Crippen molar-refractivity contribution < 1.29 is 18.8 Å². The lowest BCUT2D eigenvalue weighted by Crippen LogP contribution is -2.41. The van der Waals surface area contributed by atoms with Gasteiger partial charge in [0.25, 0.3) is 0 Å². The van der Waals surface area contributed by atoms with Crippen molar-refractivity contribution in [3.63, 3.8) is 0 Å². The maximum Gasteiger partial charge on any atom is 0.458 e. The van der Waals surface area contributed by atoms with Crippen molar-refractivity contribution in [3.05, 3.63) is 100 Å². The fourth-order valence-electron chi connectivity index (χ4n) is 5.62. The quantitative estimate of drug-likeness (QED) is 0.221. The van der Waals surface area contributed by atoms with E-state index < -0.39 is 0 Å². The number of rotatable bonds is 11. The molecular formula is C34H42BClO4. The van der Waals surface area contributed by atoms with E-state index in [0.717, 1.165) is 61.4 Å². The molecule has 3 aromatic carbocycles. The molecule has 40 heavy (non-hydrogen) atoms. The highest BCUT2D eigenvalue weighted by molar-refractivity contribution is 6.45. The summed E-state index contributed by atoms with van der Waals surface area (Å²) in [5.74, 6) is 1.27. The average Bonchev–Trinajstić information content (AvgIpc) is 3.51. The Morgan fingerprint density at radius 2 is 1.62 bits per heavy atom. The third-order valence-corrected chi connectivity index (χ3v) is 9.06. The molecule has 0 bridgehead atoms. The Kier molecular flexibility index (Phi) is 9.26. The van der Waals surface area contributed by atoms with E-state index in [1.807, 2.05) is 6.07 Å². The van der Waals surface area contributed by atoms with Crippen molar-refractivity contribution in [1.29, 1.82) is 0 Å². The Morgan fingerprint density at radius 3 is 2.30 bits per heavy atom. The first kappa shape index (κ1) is 29.2. The molecule has 0 unspecified atom stereocenters. The van der Waals surface area contributed by atoms with Crippen LogP contribution in [0, 0.1) is 0 Å². The van der Waals surface area contributed by atoms with E-state index in [9.17, 15) is 0 Å². The average molecular weight is 561 g/mol. The zero-order valence-electron chi connectivity index (χ0n) is 24.3. The lowest BCUT2D eigenvalue weighted by molar-refractivity contribution is 0.00578. The van der Waals surface area contributed by atoms with Crippen molar-refractivity contribution in [3.8, 4) is 5.75 Å². The maximum atomic E-state index is 6.63. The van der Waals surface area contributed by atoms with Crippen LogP contribution in [0.15, 0.2) is 72.8 Å². The molecule has 2 atom stereocenters. The molecule has 2 aliphatic rings. The van der Waals surface area contributed by atoms with Crippen molar-refractivity contribution in [2.24, 2.45) is 0 Å². The number of hydrogen-bond donors (Lipinski definition) is 0. The summed E-state index contributed by atoms with van der Waals surface area (Å²) in [7, 11) is -0.194. The second-order valence-electron chi connectivity index (χ2n) is 12.3. The first-order chi connectivity index (χ1) is 19.2. The molecule has 0 N–H and O–H groups in total. The van der Waals surface area contributed by atoms with Gasteiger partial charge in [-0.3, -0.25) is 0 Å². The molecule has 2 saturated heterocycles. The minimum atomic E-state index is -0.309. The monoisotopic (exact) mass is 560 g/mol. The van der Waals surface area contributed by atoms with Crippen LogP contribution in [-0.4, -0.2) is 37.6 Å². The Bertz CT molecular complexity index is 1220. The van der Waals surface area contributed by atoms with Crippen LogP contribution in [0.1, 0.15) is 75.1 Å². The van der Waals surface area contributed by atoms with Crippen LogP contribution in [0.25, 0.3) is 0 Å². The van der Waals surface area contributed by atoms with Gasteiger partial charge in [-0.15, -0.1) is 0 Å². The maximum absolute atomic E-state index is 6.63. The van der Waals surface area contributed by atoms with E-state index in [1.54, 1.807) is 0 Å². The molecule has 2 heterocycles. The summed E-state index contributed by atoms with van der Waals surface area (Å²) in [5.41, 5.74) is 4.44. The van der Waals surface area contributed by atoms with Gasteiger partial charge < -0.3 is 18.8 Å². The van der Waals surface area contributed by atoms with Crippen LogP contribution in [0.4, 0.5) is 0 Å². The summed E-state index contributed by atoms with van der Waals surface area (Å²) in [4.78, 5) is 0. The van der Waals surface area contributed by atoms with Gasteiger partial charge in [-0.25, -0.2) is 0 Å². The zero-order chi connectivity index (χ0) is 28.2. The van der Waals surface area contributed by atoms with Crippen molar-refractivity contribution in [2.45, 2.75) is 89.3 Å². The molecular weight excluding hydrogens is 519 g/mol. The summed E-state index contributed by atoms with van der Waals surface area (Å²) in [6.45, 7) is 9.94. The molecule has 2 fully saturated rings. The van der Waals surface area contributed by atoms with Crippen molar-refractivity contribution >= 4 is 18.7 Å². The summed E-state index contributed by atoms with van der Waals surface area (Å²) >= 11 is 6.63. The van der Waals surface area contributed by atoms with Gasteiger partial charge in [0.15, 0.2) is 0 Å². The second kappa shape index (κ2) is 12.7. The van der Waals surface area contributed by atoms with Gasteiger partial charge in [0, 0.05) is 11.4 Å². The van der Waals surface area contributed by atoms with Crippen molar-refractivity contribution in [2.75, 3.05) is 13.2 Å². The smallest absolute Gasteiger partial charge is 0.458 e. The first-order valence-electron chi connectivity index (χ1n) is 14.7. The topological polar surface area (TPSA) is 36.9 Å². The summed E-state index contributed by atoms with van der Waals surface area (Å²) in [6, 6.07) is 25.6. The molecule has 5 rings (SSSR count). The van der Waals surface area contributed by atoms with E-state index in [2.05, 4.69) is 94.4 Å². The highest BCUT2D eigenvalue weighted by Gasteiger charge is 2.51. The van der Waals surface area contributed by atoms with Crippen LogP contribution in [0.3, 0.4) is 0 Å². The molecule has 6 heteroatoms. The molecule has 3 aromatic rings. The Balaban J connectivity index is 1.19. The standard InChI is InChI=1S/C34H42BClO4/c1-33(2)34(3,4)40-35(39-33)23-28(27-10-6-5-7-11-27)12-8-9-25-15-18-32(36)29(21-25)22-26-13-16-30(17-14-26)38-31-19-20-37-24-31/h5-7,10-11,13-18,21,28,31H,8-9,12,19-20,22-24H2,1-4H3/t28-,31-/m0/s1. The van der Waals surface area contributed by atoms with Crippen LogP contribution in [0.2, 0.25) is 11.3 Å². The second-order valence-corrected chi connectivity index (χ2v) is 12.7. The predicted molar refractivity (Wildman–Crippen MR) is 164 cm³/mol. The van der Waals surface area contributed by atoms with Crippen molar-refractivity contribution in [1.82, 2.24) is 0 Å². The molecule has 0 aliphatic carbocycles. The Morgan fingerprint density at radius 1 is 0.925 bits per heavy atom. The number of benzene rings is 3. The molecule has 0 spiro atoms. The third kappa shape index (κ3) is 7.30. The third-order valence-electron chi connectivity index (χ3n) is 8.69. The van der Waals surface area contributed by atoms with Gasteiger partial charge in [-0.1, -0.05) is 66.2 Å². The SMILES string of the molecule is CC1(C)OB(C[C@H](CCCc2ccc(Cl)c(Cc3ccc(O[C@H]4CCOC4)cc3)c2)c2ccccc2)OC1(C)C. The van der Waals surface area contributed by atoms with E-state index in [4.69, 9.17) is 30.4 Å². The Hall–Kier alpha value is -2.31. The number of halogens is 1. The van der Waals surface area contributed by atoms with E-state index in [-0.39, 0.29) is 24.4 Å². The largest absolute Gasteiger partial charge is 0.488 e. The highest BCUT2D eigenvalue weighted by Crippen LogP contribution is 2.40. The van der Waals surface area contributed by atoms with Crippen LogP contribution in [-0.2, 0) is 26.9 Å². The van der Waals surface area contributed by atoms with E-state index >= 15 is 0 Å². The molecule has 2 aliphatic heterocycles.